The van der Waals surface area contributed by atoms with Gasteiger partial charge >= 0.3 is 0 Å². The van der Waals surface area contributed by atoms with Crippen molar-refractivity contribution in [2.75, 3.05) is 24.5 Å². The first-order valence-electron chi connectivity index (χ1n) is 7.94. The molecule has 3 atom stereocenters. The molecule has 1 fully saturated rings. The van der Waals surface area contributed by atoms with Crippen molar-refractivity contribution in [3.05, 3.63) is 28.8 Å². The molecule has 21 heavy (non-hydrogen) atoms. The molecule has 2 nitrogen and oxygen atoms in total. The fourth-order valence-electron chi connectivity index (χ4n) is 2.92. The molecule has 1 aliphatic heterocycles. The van der Waals surface area contributed by atoms with Gasteiger partial charge in [-0.2, -0.15) is 11.8 Å². The Balaban J connectivity index is 2.11. The van der Waals surface area contributed by atoms with Crippen molar-refractivity contribution < 1.29 is 0 Å². The molecular weight excluding hydrogens is 300 g/mol. The smallest absolute Gasteiger partial charge is 0.0474 e. The molecule has 1 saturated heterocycles. The van der Waals surface area contributed by atoms with E-state index >= 15 is 0 Å². The van der Waals surface area contributed by atoms with Crippen LogP contribution < -0.4 is 10.2 Å². The van der Waals surface area contributed by atoms with Crippen LogP contribution in [0.4, 0.5) is 5.69 Å². The maximum Gasteiger partial charge on any atom is 0.0474 e. The van der Waals surface area contributed by atoms with Gasteiger partial charge in [0.25, 0.3) is 0 Å². The van der Waals surface area contributed by atoms with E-state index < -0.39 is 0 Å². The zero-order valence-electron chi connectivity index (χ0n) is 13.5. The maximum atomic E-state index is 6.52. The fourth-order valence-corrected chi connectivity index (χ4v) is 4.59. The lowest BCUT2D eigenvalue weighted by molar-refractivity contribution is 0.571. The largest absolute Gasteiger partial charge is 0.369 e. The van der Waals surface area contributed by atoms with Crippen molar-refractivity contribution in [1.29, 1.82) is 0 Å². The molecule has 1 aromatic rings. The molecule has 4 heteroatoms. The minimum absolute atomic E-state index is 0.307. The van der Waals surface area contributed by atoms with Gasteiger partial charge in [-0.1, -0.05) is 38.4 Å². The Kier molecular flexibility index (Phi) is 6.27. The summed E-state index contributed by atoms with van der Waals surface area (Å²) >= 11 is 8.60. The van der Waals surface area contributed by atoms with Crippen molar-refractivity contribution in [1.82, 2.24) is 5.32 Å². The van der Waals surface area contributed by atoms with Crippen LogP contribution in [0.2, 0.25) is 5.02 Å². The van der Waals surface area contributed by atoms with Gasteiger partial charge in [-0.15, -0.1) is 0 Å². The Bertz CT molecular complexity index is 456. The number of hydrogen-bond donors (Lipinski definition) is 1. The van der Waals surface area contributed by atoms with Gasteiger partial charge in [-0.25, -0.2) is 0 Å². The molecule has 1 aliphatic rings. The Morgan fingerprint density at radius 3 is 2.57 bits per heavy atom. The van der Waals surface area contributed by atoms with Crippen LogP contribution in [0.5, 0.6) is 0 Å². The molecule has 118 valence electrons. The summed E-state index contributed by atoms with van der Waals surface area (Å²) in [5.74, 6) is 0. The minimum Gasteiger partial charge on any atom is -0.369 e. The highest BCUT2D eigenvalue weighted by Crippen LogP contribution is 2.32. The lowest BCUT2D eigenvalue weighted by Crippen LogP contribution is -2.40. The Morgan fingerprint density at radius 2 is 2.00 bits per heavy atom. The average molecular weight is 327 g/mol. The summed E-state index contributed by atoms with van der Waals surface area (Å²) in [6, 6.07) is 6.85. The zero-order chi connectivity index (χ0) is 15.4. The molecular formula is C17H27ClN2S. The highest BCUT2D eigenvalue weighted by molar-refractivity contribution is 8.00. The molecule has 2 rings (SSSR count). The van der Waals surface area contributed by atoms with Crippen LogP contribution in [-0.2, 0) is 0 Å². The number of benzene rings is 1. The second kappa shape index (κ2) is 7.75. The van der Waals surface area contributed by atoms with E-state index in [0.717, 1.165) is 31.1 Å². The number of nitrogens with zero attached hydrogens (tertiary/aromatic N) is 1. The van der Waals surface area contributed by atoms with Crippen LogP contribution in [0, 0.1) is 0 Å². The molecule has 0 saturated carbocycles. The lowest BCUT2D eigenvalue weighted by atomic mass is 10.1. The first-order valence-corrected chi connectivity index (χ1v) is 9.26. The second-order valence-electron chi connectivity index (χ2n) is 6.04. The number of hydrogen-bond acceptors (Lipinski definition) is 3. The van der Waals surface area contributed by atoms with Crippen LogP contribution in [0.3, 0.4) is 0 Å². The van der Waals surface area contributed by atoms with E-state index in [1.165, 1.54) is 11.3 Å². The number of nitrogens with one attached hydrogen (secondary N) is 1. The topological polar surface area (TPSA) is 15.3 Å². The second-order valence-corrected chi connectivity index (χ2v) is 8.33. The fraction of sp³-hybridized carbons (Fsp3) is 0.647. The van der Waals surface area contributed by atoms with E-state index in [4.69, 9.17) is 11.6 Å². The first kappa shape index (κ1) is 17.0. The standard InChI is InChI=1S/C17H27ClN2S/c1-5-8-19-14(4)16-7-6-15(9-17(16)18)20-10-12(2)21-13(3)11-20/h6-7,9,12-14,19H,5,8,10-11H2,1-4H3. The number of anilines is 1. The Morgan fingerprint density at radius 1 is 1.33 bits per heavy atom. The molecule has 1 heterocycles. The van der Waals surface area contributed by atoms with Crippen LogP contribution in [0.25, 0.3) is 0 Å². The Labute approximate surface area is 138 Å². The summed E-state index contributed by atoms with van der Waals surface area (Å²) in [6.45, 7) is 12.2. The SMILES string of the molecule is CCCNC(C)c1ccc(N2CC(C)SC(C)C2)cc1Cl. The van der Waals surface area contributed by atoms with Gasteiger partial charge in [0.1, 0.15) is 0 Å². The predicted octanol–water partition coefficient (Wildman–Crippen LogP) is 4.73. The van der Waals surface area contributed by atoms with E-state index in [1.807, 2.05) is 0 Å². The van der Waals surface area contributed by atoms with Gasteiger partial charge in [-0.05, 0) is 37.6 Å². The van der Waals surface area contributed by atoms with Gasteiger partial charge in [0.2, 0.25) is 0 Å². The molecule has 3 unspecified atom stereocenters. The monoisotopic (exact) mass is 326 g/mol. The molecule has 0 aliphatic carbocycles. The van der Waals surface area contributed by atoms with E-state index in [2.05, 4.69) is 67.9 Å². The third-order valence-corrected chi connectivity index (χ3v) is 5.49. The van der Waals surface area contributed by atoms with E-state index in [-0.39, 0.29) is 0 Å². The molecule has 0 amide bonds. The quantitative estimate of drug-likeness (QED) is 0.842. The minimum atomic E-state index is 0.307. The number of halogens is 1. The van der Waals surface area contributed by atoms with E-state index in [1.54, 1.807) is 0 Å². The number of thioether (sulfide) groups is 1. The summed E-state index contributed by atoms with van der Waals surface area (Å²) in [4.78, 5) is 2.46. The number of rotatable bonds is 5. The molecule has 1 N–H and O–H groups in total. The molecule has 0 radical (unpaired) electrons. The Hall–Kier alpha value is -0.380. The lowest BCUT2D eigenvalue weighted by Gasteiger charge is -2.36. The summed E-state index contributed by atoms with van der Waals surface area (Å²) in [7, 11) is 0. The van der Waals surface area contributed by atoms with Gasteiger partial charge < -0.3 is 10.2 Å². The molecule has 1 aromatic carbocycles. The third-order valence-electron chi connectivity index (χ3n) is 3.94. The van der Waals surface area contributed by atoms with Gasteiger partial charge in [0.05, 0.1) is 0 Å². The summed E-state index contributed by atoms with van der Waals surface area (Å²) in [6.07, 6.45) is 1.14. The van der Waals surface area contributed by atoms with Crippen LogP contribution in [0.1, 0.15) is 45.7 Å². The average Bonchev–Trinajstić information content (AvgIpc) is 2.43. The van der Waals surface area contributed by atoms with E-state index in [9.17, 15) is 0 Å². The van der Waals surface area contributed by atoms with Gasteiger partial charge in [0.15, 0.2) is 0 Å². The van der Waals surface area contributed by atoms with Crippen molar-refractivity contribution in [2.24, 2.45) is 0 Å². The van der Waals surface area contributed by atoms with Crippen LogP contribution in [0.15, 0.2) is 18.2 Å². The predicted molar refractivity (Wildman–Crippen MR) is 96.9 cm³/mol. The van der Waals surface area contributed by atoms with Crippen molar-refractivity contribution >= 4 is 29.1 Å². The van der Waals surface area contributed by atoms with Crippen molar-refractivity contribution in [3.8, 4) is 0 Å². The van der Waals surface area contributed by atoms with Crippen LogP contribution >= 0.6 is 23.4 Å². The first-order chi connectivity index (χ1) is 10.0. The van der Waals surface area contributed by atoms with Crippen molar-refractivity contribution in [3.63, 3.8) is 0 Å². The van der Waals surface area contributed by atoms with Gasteiger partial charge in [-0.3, -0.25) is 0 Å². The van der Waals surface area contributed by atoms with Gasteiger partial charge in [0, 0.05) is 40.3 Å². The summed E-state index contributed by atoms with van der Waals surface area (Å²) < 4.78 is 0. The highest BCUT2D eigenvalue weighted by Gasteiger charge is 2.23. The van der Waals surface area contributed by atoms with Crippen molar-refractivity contribution in [2.45, 2.75) is 50.7 Å². The normalized spacial score (nSPS) is 24.1. The van der Waals surface area contributed by atoms with E-state index in [0.29, 0.717) is 16.5 Å². The highest BCUT2D eigenvalue weighted by atomic mass is 35.5. The maximum absolute atomic E-state index is 6.52. The molecule has 0 bridgehead atoms. The third kappa shape index (κ3) is 4.54. The summed E-state index contributed by atoms with van der Waals surface area (Å²) in [5, 5.41) is 5.73. The van der Waals surface area contributed by atoms with Crippen LogP contribution in [-0.4, -0.2) is 30.1 Å². The molecule has 0 spiro atoms. The zero-order valence-corrected chi connectivity index (χ0v) is 15.1. The molecule has 0 aromatic heterocycles. The summed E-state index contributed by atoms with van der Waals surface area (Å²) in [5.41, 5.74) is 2.45.